The van der Waals surface area contributed by atoms with Crippen LogP contribution in [0, 0.1) is 13.8 Å². The third kappa shape index (κ3) is 2.95. The molecule has 1 aliphatic rings. The van der Waals surface area contributed by atoms with Gasteiger partial charge in [0, 0.05) is 31.2 Å². The Balaban J connectivity index is 1.61. The average molecular weight is 335 g/mol. The summed E-state index contributed by atoms with van der Waals surface area (Å²) in [7, 11) is 0. The van der Waals surface area contributed by atoms with E-state index in [-0.39, 0.29) is 18.5 Å². The van der Waals surface area contributed by atoms with Crippen LogP contribution in [0.25, 0.3) is 0 Å². The quantitative estimate of drug-likeness (QED) is 0.738. The van der Waals surface area contributed by atoms with Crippen LogP contribution in [0.4, 0.5) is 0 Å². The first-order valence-electron chi connectivity index (χ1n) is 8.47. The van der Waals surface area contributed by atoms with E-state index in [1.165, 1.54) is 11.1 Å². The van der Waals surface area contributed by atoms with E-state index in [1.54, 1.807) is 10.9 Å². The van der Waals surface area contributed by atoms with Crippen LogP contribution in [-0.2, 0) is 17.9 Å². The number of benzene rings is 1. The van der Waals surface area contributed by atoms with Gasteiger partial charge in [0.15, 0.2) is 0 Å². The van der Waals surface area contributed by atoms with E-state index in [0.29, 0.717) is 13.1 Å². The van der Waals surface area contributed by atoms with Crippen molar-refractivity contribution in [2.75, 3.05) is 6.54 Å². The van der Waals surface area contributed by atoms with Crippen molar-refractivity contribution in [1.29, 1.82) is 0 Å². The number of nitrogens with zero attached hydrogens (tertiary/aromatic N) is 5. The fourth-order valence-corrected chi connectivity index (χ4v) is 3.52. The van der Waals surface area contributed by atoms with Gasteiger partial charge >= 0.3 is 0 Å². The molecule has 25 heavy (non-hydrogen) atoms. The number of hydrogen-bond donors (Lipinski definition) is 0. The molecule has 0 N–H and O–H groups in total. The molecule has 0 saturated carbocycles. The van der Waals surface area contributed by atoms with Crippen molar-refractivity contribution in [1.82, 2.24) is 24.5 Å². The van der Waals surface area contributed by atoms with Gasteiger partial charge in [-0.05, 0) is 37.1 Å². The number of hydrogen-bond acceptors (Lipinski definition) is 3. The first kappa shape index (κ1) is 15.6. The number of carbonyl (C=O) groups is 1. The molecule has 2 aromatic heterocycles. The van der Waals surface area contributed by atoms with Gasteiger partial charge in [0.2, 0.25) is 5.91 Å². The van der Waals surface area contributed by atoms with Gasteiger partial charge in [-0.2, -0.15) is 10.2 Å². The smallest absolute Gasteiger partial charge is 0.244 e. The minimum Gasteiger partial charge on any atom is -0.334 e. The maximum atomic E-state index is 12.9. The lowest BCUT2D eigenvalue weighted by Gasteiger charge is -2.35. The lowest BCUT2D eigenvalue weighted by molar-refractivity contribution is -0.133. The minimum absolute atomic E-state index is 0.0457. The molecule has 3 heterocycles. The number of aromatic nitrogens is 4. The van der Waals surface area contributed by atoms with Crippen LogP contribution >= 0.6 is 0 Å². The van der Waals surface area contributed by atoms with Gasteiger partial charge in [0.05, 0.1) is 11.7 Å². The Morgan fingerprint density at radius 3 is 2.80 bits per heavy atom. The lowest BCUT2D eigenvalue weighted by Crippen LogP contribution is -2.42. The third-order valence-corrected chi connectivity index (χ3v) is 4.75. The Bertz CT molecular complexity index is 896. The molecule has 0 spiro atoms. The van der Waals surface area contributed by atoms with Gasteiger partial charge in [-0.15, -0.1) is 0 Å². The average Bonchev–Trinajstić information content (AvgIpc) is 3.24. The fraction of sp³-hybridized carbons (Fsp3) is 0.316. The van der Waals surface area contributed by atoms with Crippen LogP contribution in [0.2, 0.25) is 0 Å². The molecule has 1 amide bonds. The summed E-state index contributed by atoms with van der Waals surface area (Å²) in [5.74, 6) is 0.0814. The maximum Gasteiger partial charge on any atom is 0.244 e. The van der Waals surface area contributed by atoms with Gasteiger partial charge in [-0.25, -0.2) is 0 Å². The molecule has 1 unspecified atom stereocenters. The SMILES string of the molecule is Cc1cc(C)n(CC(=O)N2Cc3ccccc3C(n3cccn3)C2)n1. The zero-order chi connectivity index (χ0) is 17.4. The van der Waals surface area contributed by atoms with Crippen molar-refractivity contribution in [3.63, 3.8) is 0 Å². The predicted octanol–water partition coefficient (Wildman–Crippen LogP) is 2.33. The molecule has 1 atom stereocenters. The van der Waals surface area contributed by atoms with E-state index in [2.05, 4.69) is 22.3 Å². The van der Waals surface area contributed by atoms with Crippen molar-refractivity contribution < 1.29 is 4.79 Å². The standard InChI is InChI=1S/C19H21N5O/c1-14-10-15(2)24(21-14)13-19(25)22-11-16-6-3-4-7-17(16)18(12-22)23-9-5-8-20-23/h3-10,18H,11-13H2,1-2H3. The highest BCUT2D eigenvalue weighted by Gasteiger charge is 2.29. The fourth-order valence-electron chi connectivity index (χ4n) is 3.52. The number of carbonyl (C=O) groups excluding carboxylic acids is 1. The number of fused-ring (bicyclic) bond motifs is 1. The maximum absolute atomic E-state index is 12.9. The summed E-state index contributed by atoms with van der Waals surface area (Å²) in [5, 5.41) is 8.81. The number of aryl methyl sites for hydroxylation is 2. The summed E-state index contributed by atoms with van der Waals surface area (Å²) < 4.78 is 3.71. The second-order valence-electron chi connectivity index (χ2n) is 6.56. The molecule has 4 rings (SSSR count). The first-order valence-corrected chi connectivity index (χ1v) is 8.47. The predicted molar refractivity (Wildman–Crippen MR) is 93.9 cm³/mol. The third-order valence-electron chi connectivity index (χ3n) is 4.75. The van der Waals surface area contributed by atoms with Crippen LogP contribution in [0.5, 0.6) is 0 Å². The summed E-state index contributed by atoms with van der Waals surface area (Å²) in [6.07, 6.45) is 3.73. The van der Waals surface area contributed by atoms with E-state index >= 15 is 0 Å². The Labute approximate surface area is 146 Å². The van der Waals surface area contributed by atoms with Crippen LogP contribution in [0.3, 0.4) is 0 Å². The molecular weight excluding hydrogens is 314 g/mol. The highest BCUT2D eigenvalue weighted by molar-refractivity contribution is 5.76. The Kier molecular flexibility index (Phi) is 3.87. The summed E-state index contributed by atoms with van der Waals surface area (Å²) in [6.45, 7) is 5.45. The number of amides is 1. The summed E-state index contributed by atoms with van der Waals surface area (Å²) >= 11 is 0. The molecule has 1 aromatic carbocycles. The van der Waals surface area contributed by atoms with Crippen LogP contribution < -0.4 is 0 Å². The van der Waals surface area contributed by atoms with Crippen molar-refractivity contribution in [3.8, 4) is 0 Å². The zero-order valence-corrected chi connectivity index (χ0v) is 14.5. The van der Waals surface area contributed by atoms with Gasteiger partial charge in [0.25, 0.3) is 0 Å². The van der Waals surface area contributed by atoms with Crippen LogP contribution in [-0.4, -0.2) is 36.9 Å². The monoisotopic (exact) mass is 335 g/mol. The molecule has 0 fully saturated rings. The molecule has 0 aliphatic carbocycles. The summed E-state index contributed by atoms with van der Waals surface area (Å²) in [4.78, 5) is 14.8. The first-order chi connectivity index (χ1) is 12.1. The van der Waals surface area contributed by atoms with E-state index < -0.39 is 0 Å². The zero-order valence-electron chi connectivity index (χ0n) is 14.5. The second-order valence-corrected chi connectivity index (χ2v) is 6.56. The van der Waals surface area contributed by atoms with Crippen molar-refractivity contribution in [2.45, 2.75) is 33.0 Å². The topological polar surface area (TPSA) is 56.0 Å². The minimum atomic E-state index is 0.0457. The molecule has 1 aliphatic heterocycles. The molecule has 128 valence electrons. The molecule has 6 nitrogen and oxygen atoms in total. The highest BCUT2D eigenvalue weighted by Crippen LogP contribution is 2.29. The van der Waals surface area contributed by atoms with Crippen molar-refractivity contribution in [2.24, 2.45) is 0 Å². The molecular formula is C19H21N5O. The van der Waals surface area contributed by atoms with E-state index in [1.807, 2.05) is 53.9 Å². The second kappa shape index (κ2) is 6.20. The highest BCUT2D eigenvalue weighted by atomic mass is 16.2. The molecule has 6 heteroatoms. The van der Waals surface area contributed by atoms with Crippen molar-refractivity contribution >= 4 is 5.91 Å². The Morgan fingerprint density at radius 2 is 2.08 bits per heavy atom. The van der Waals surface area contributed by atoms with Crippen LogP contribution in [0.15, 0.2) is 48.8 Å². The van der Waals surface area contributed by atoms with Gasteiger partial charge < -0.3 is 4.90 Å². The summed E-state index contributed by atoms with van der Waals surface area (Å²) in [6, 6.07) is 12.2. The Morgan fingerprint density at radius 1 is 1.24 bits per heavy atom. The van der Waals surface area contributed by atoms with Gasteiger partial charge in [-0.3, -0.25) is 14.2 Å². The molecule has 0 bridgehead atoms. The molecule has 3 aromatic rings. The van der Waals surface area contributed by atoms with E-state index in [0.717, 1.165) is 11.4 Å². The van der Waals surface area contributed by atoms with Crippen LogP contribution in [0.1, 0.15) is 28.6 Å². The van der Waals surface area contributed by atoms with E-state index in [4.69, 9.17) is 0 Å². The van der Waals surface area contributed by atoms with Gasteiger partial charge in [-0.1, -0.05) is 24.3 Å². The van der Waals surface area contributed by atoms with E-state index in [9.17, 15) is 4.79 Å². The summed E-state index contributed by atoms with van der Waals surface area (Å²) in [5.41, 5.74) is 4.35. The normalized spacial score (nSPS) is 16.7. The largest absolute Gasteiger partial charge is 0.334 e. The lowest BCUT2D eigenvalue weighted by atomic mass is 9.95. The van der Waals surface area contributed by atoms with Crippen molar-refractivity contribution in [3.05, 3.63) is 71.3 Å². The molecule has 0 radical (unpaired) electrons. The molecule has 0 saturated heterocycles. The van der Waals surface area contributed by atoms with Gasteiger partial charge in [0.1, 0.15) is 6.54 Å². The Hall–Kier alpha value is -2.89. The number of rotatable bonds is 3.